The number of amides is 3. The number of carbonyl (C=O) groups is 2. The monoisotopic (exact) mass is 426 g/mol. The number of ether oxygens (including phenoxy) is 1. The fraction of sp³-hybridized carbons (Fsp3) is 0.435. The zero-order chi connectivity index (χ0) is 22.2. The molecule has 0 aliphatic carbocycles. The van der Waals surface area contributed by atoms with Gasteiger partial charge in [0.05, 0.1) is 12.2 Å². The molecule has 0 radical (unpaired) electrons. The van der Waals surface area contributed by atoms with Crippen LogP contribution in [0.5, 0.6) is 0 Å². The molecule has 1 fully saturated rings. The van der Waals surface area contributed by atoms with E-state index in [1.165, 1.54) is 10.6 Å². The maximum absolute atomic E-state index is 13.0. The third kappa shape index (κ3) is 6.42. The highest BCUT2D eigenvalue weighted by Gasteiger charge is 2.25. The van der Waals surface area contributed by atoms with Gasteiger partial charge in [0, 0.05) is 51.2 Å². The number of carbonyl (C=O) groups excluding carboxylic acids is 2. The van der Waals surface area contributed by atoms with Crippen LogP contribution in [0.2, 0.25) is 0 Å². The van der Waals surface area contributed by atoms with Crippen LogP contribution in [0.4, 0.5) is 10.5 Å². The molecular weight excluding hydrogens is 396 g/mol. The van der Waals surface area contributed by atoms with E-state index in [-0.39, 0.29) is 23.4 Å². The summed E-state index contributed by atoms with van der Waals surface area (Å²) in [5.41, 5.74) is 2.20. The first-order chi connectivity index (χ1) is 15.0. The van der Waals surface area contributed by atoms with Gasteiger partial charge in [-0.1, -0.05) is 17.7 Å². The predicted molar refractivity (Wildman–Crippen MR) is 119 cm³/mol. The lowest BCUT2D eigenvalue weighted by Crippen LogP contribution is -2.44. The second kappa shape index (κ2) is 10.8. The highest BCUT2D eigenvalue weighted by molar-refractivity contribution is 5.94. The second-order valence-corrected chi connectivity index (χ2v) is 7.90. The molecule has 3 rings (SSSR count). The van der Waals surface area contributed by atoms with E-state index in [0.717, 1.165) is 24.1 Å². The largest absolute Gasteiger partial charge is 0.383 e. The van der Waals surface area contributed by atoms with Crippen molar-refractivity contribution in [2.24, 2.45) is 5.92 Å². The van der Waals surface area contributed by atoms with Gasteiger partial charge in [-0.15, -0.1) is 0 Å². The Morgan fingerprint density at radius 3 is 2.68 bits per heavy atom. The summed E-state index contributed by atoms with van der Waals surface area (Å²) >= 11 is 0. The number of piperidine rings is 1. The molecular formula is C23H30N4O4. The van der Waals surface area contributed by atoms with Crippen molar-refractivity contribution >= 4 is 17.6 Å². The minimum Gasteiger partial charge on any atom is -0.383 e. The van der Waals surface area contributed by atoms with Crippen LogP contribution in [-0.2, 0) is 11.3 Å². The molecule has 8 heteroatoms. The third-order valence-corrected chi connectivity index (χ3v) is 5.43. The Hall–Kier alpha value is -3.13. The Kier molecular flexibility index (Phi) is 7.83. The topological polar surface area (TPSA) is 92.7 Å². The standard InChI is InChI=1S/C23H30N4O4/c1-17-5-8-20(9-6-17)25-23(30)24-14-18-4-3-11-27(15-18)22(29)19-7-10-21(28)26(16-19)12-13-31-2/h5-10,16,18H,3-4,11-15H2,1-2H3,(H2,24,25,30). The Bertz CT molecular complexity index is 955. The van der Waals surface area contributed by atoms with Crippen molar-refractivity contribution in [3.63, 3.8) is 0 Å². The highest BCUT2D eigenvalue weighted by Crippen LogP contribution is 2.18. The van der Waals surface area contributed by atoms with Crippen LogP contribution in [0.3, 0.4) is 0 Å². The zero-order valence-electron chi connectivity index (χ0n) is 18.1. The van der Waals surface area contributed by atoms with Crippen LogP contribution >= 0.6 is 0 Å². The Morgan fingerprint density at radius 1 is 1.16 bits per heavy atom. The molecule has 0 saturated carbocycles. The molecule has 1 aromatic carbocycles. The van der Waals surface area contributed by atoms with Crippen molar-refractivity contribution in [2.75, 3.05) is 38.7 Å². The molecule has 31 heavy (non-hydrogen) atoms. The number of aryl methyl sites for hydroxylation is 1. The number of rotatable bonds is 7. The SMILES string of the molecule is COCCn1cc(C(=O)N2CCCC(CNC(=O)Nc3ccc(C)cc3)C2)ccc1=O. The molecule has 8 nitrogen and oxygen atoms in total. The van der Waals surface area contributed by atoms with E-state index in [9.17, 15) is 14.4 Å². The van der Waals surface area contributed by atoms with E-state index in [0.29, 0.717) is 38.3 Å². The van der Waals surface area contributed by atoms with Crippen molar-refractivity contribution in [2.45, 2.75) is 26.3 Å². The quantitative estimate of drug-likeness (QED) is 0.711. The zero-order valence-corrected chi connectivity index (χ0v) is 18.1. The molecule has 3 amide bonds. The first-order valence-electron chi connectivity index (χ1n) is 10.6. The Morgan fingerprint density at radius 2 is 1.94 bits per heavy atom. The summed E-state index contributed by atoms with van der Waals surface area (Å²) in [5.74, 6) is 0.0841. The van der Waals surface area contributed by atoms with Crippen LogP contribution in [0.1, 0.15) is 28.8 Å². The van der Waals surface area contributed by atoms with E-state index >= 15 is 0 Å². The number of aromatic nitrogens is 1. The smallest absolute Gasteiger partial charge is 0.319 e. The summed E-state index contributed by atoms with van der Waals surface area (Å²) in [7, 11) is 1.57. The summed E-state index contributed by atoms with van der Waals surface area (Å²) in [6.45, 7) is 4.53. The number of urea groups is 1. The summed E-state index contributed by atoms with van der Waals surface area (Å²) in [6, 6.07) is 10.4. The van der Waals surface area contributed by atoms with Gasteiger partial charge < -0.3 is 24.8 Å². The van der Waals surface area contributed by atoms with Crippen LogP contribution in [0.25, 0.3) is 0 Å². The van der Waals surface area contributed by atoms with Gasteiger partial charge in [0.2, 0.25) is 0 Å². The van der Waals surface area contributed by atoms with E-state index in [1.54, 1.807) is 24.3 Å². The van der Waals surface area contributed by atoms with Crippen LogP contribution in [-0.4, -0.2) is 54.8 Å². The normalized spacial score (nSPS) is 16.1. The van der Waals surface area contributed by atoms with Gasteiger partial charge in [-0.3, -0.25) is 9.59 Å². The van der Waals surface area contributed by atoms with Gasteiger partial charge in [0.1, 0.15) is 0 Å². The van der Waals surface area contributed by atoms with Crippen molar-refractivity contribution in [1.82, 2.24) is 14.8 Å². The number of hydrogen-bond acceptors (Lipinski definition) is 4. The number of benzene rings is 1. The number of nitrogens with one attached hydrogen (secondary N) is 2. The maximum Gasteiger partial charge on any atom is 0.319 e. The summed E-state index contributed by atoms with van der Waals surface area (Å²) < 4.78 is 6.52. The van der Waals surface area contributed by atoms with E-state index in [1.807, 2.05) is 31.2 Å². The Labute approximate surface area is 182 Å². The summed E-state index contributed by atoms with van der Waals surface area (Å²) in [5, 5.41) is 5.73. The average molecular weight is 427 g/mol. The number of likely N-dealkylation sites (tertiary alicyclic amines) is 1. The van der Waals surface area contributed by atoms with Crippen molar-refractivity contribution in [1.29, 1.82) is 0 Å². The molecule has 166 valence electrons. The predicted octanol–water partition coefficient (Wildman–Crippen LogP) is 2.48. The summed E-state index contributed by atoms with van der Waals surface area (Å²) in [6.07, 6.45) is 3.42. The molecule has 0 spiro atoms. The van der Waals surface area contributed by atoms with Gasteiger partial charge in [-0.25, -0.2) is 4.79 Å². The molecule has 0 bridgehead atoms. The van der Waals surface area contributed by atoms with Crippen LogP contribution in [0, 0.1) is 12.8 Å². The Balaban J connectivity index is 1.53. The molecule has 2 aromatic rings. The number of methoxy groups -OCH3 is 1. The fourth-order valence-corrected chi connectivity index (χ4v) is 3.67. The lowest BCUT2D eigenvalue weighted by Gasteiger charge is -2.33. The molecule has 2 heterocycles. The maximum atomic E-state index is 13.0. The third-order valence-electron chi connectivity index (χ3n) is 5.43. The van der Waals surface area contributed by atoms with Gasteiger partial charge in [0.25, 0.3) is 11.5 Å². The second-order valence-electron chi connectivity index (χ2n) is 7.90. The molecule has 1 saturated heterocycles. The van der Waals surface area contributed by atoms with Crippen molar-refractivity contribution in [3.05, 3.63) is 64.1 Å². The molecule has 2 N–H and O–H groups in total. The van der Waals surface area contributed by atoms with Gasteiger partial charge in [0.15, 0.2) is 0 Å². The number of pyridine rings is 1. The van der Waals surface area contributed by atoms with Crippen molar-refractivity contribution in [3.8, 4) is 0 Å². The van der Waals surface area contributed by atoms with Gasteiger partial charge in [-0.2, -0.15) is 0 Å². The number of anilines is 1. The average Bonchev–Trinajstić information content (AvgIpc) is 2.78. The van der Waals surface area contributed by atoms with Gasteiger partial charge in [-0.05, 0) is 43.9 Å². The molecule has 1 aromatic heterocycles. The summed E-state index contributed by atoms with van der Waals surface area (Å²) in [4.78, 5) is 38.9. The molecule has 1 atom stereocenters. The van der Waals surface area contributed by atoms with E-state index in [4.69, 9.17) is 4.74 Å². The first-order valence-corrected chi connectivity index (χ1v) is 10.6. The minimum atomic E-state index is -0.252. The molecule has 1 unspecified atom stereocenters. The highest BCUT2D eigenvalue weighted by atomic mass is 16.5. The first kappa shape index (κ1) is 22.6. The lowest BCUT2D eigenvalue weighted by atomic mass is 9.97. The fourth-order valence-electron chi connectivity index (χ4n) is 3.67. The van der Waals surface area contributed by atoms with E-state index < -0.39 is 0 Å². The van der Waals surface area contributed by atoms with E-state index in [2.05, 4.69) is 10.6 Å². The minimum absolute atomic E-state index is 0.0972. The number of hydrogen-bond donors (Lipinski definition) is 2. The molecule has 1 aliphatic rings. The molecule has 1 aliphatic heterocycles. The van der Waals surface area contributed by atoms with Crippen LogP contribution < -0.4 is 16.2 Å². The van der Waals surface area contributed by atoms with Crippen molar-refractivity contribution < 1.29 is 14.3 Å². The number of nitrogens with zero attached hydrogens (tertiary/aromatic N) is 2. The van der Waals surface area contributed by atoms with Crippen LogP contribution in [0.15, 0.2) is 47.4 Å². The lowest BCUT2D eigenvalue weighted by molar-refractivity contribution is 0.0674. The van der Waals surface area contributed by atoms with Gasteiger partial charge >= 0.3 is 6.03 Å².